The lowest BCUT2D eigenvalue weighted by molar-refractivity contribution is -0.126. The van der Waals surface area contributed by atoms with Gasteiger partial charge in [-0.3, -0.25) is 14.5 Å². The first-order valence-corrected chi connectivity index (χ1v) is 10.6. The van der Waals surface area contributed by atoms with E-state index >= 15 is 0 Å². The van der Waals surface area contributed by atoms with E-state index in [1.807, 2.05) is 53.3 Å². The summed E-state index contributed by atoms with van der Waals surface area (Å²) in [5, 5.41) is 5.97. The van der Waals surface area contributed by atoms with Gasteiger partial charge in [-0.1, -0.05) is 19.1 Å². The van der Waals surface area contributed by atoms with E-state index in [4.69, 9.17) is 4.74 Å². The molecule has 0 fully saturated rings. The second kappa shape index (κ2) is 7.65. The van der Waals surface area contributed by atoms with Gasteiger partial charge in [0.1, 0.15) is 16.1 Å². The van der Waals surface area contributed by atoms with Crippen LogP contribution >= 0.6 is 11.3 Å². The summed E-state index contributed by atoms with van der Waals surface area (Å²) in [7, 11) is 1.60. The SMILES string of the molecule is CCc1ccc(N2C(=O)c3cc4ccsc4n3CC2(C)C(=O)NCCOC)cc1. The van der Waals surface area contributed by atoms with Gasteiger partial charge in [-0.05, 0) is 48.6 Å². The third-order valence-corrected chi connectivity index (χ3v) is 6.52. The third kappa shape index (κ3) is 3.24. The molecular formula is C22H25N3O3S. The molecule has 152 valence electrons. The number of thiophene rings is 1. The number of hydrogen-bond acceptors (Lipinski definition) is 4. The van der Waals surface area contributed by atoms with Gasteiger partial charge in [-0.25, -0.2) is 0 Å². The Labute approximate surface area is 174 Å². The molecule has 1 atom stereocenters. The van der Waals surface area contributed by atoms with Crippen LogP contribution in [0.15, 0.2) is 41.8 Å². The highest BCUT2D eigenvalue weighted by atomic mass is 32.1. The van der Waals surface area contributed by atoms with Gasteiger partial charge in [0.05, 0.1) is 13.2 Å². The fraction of sp³-hybridized carbons (Fsp3) is 0.364. The van der Waals surface area contributed by atoms with Crippen LogP contribution in [0.4, 0.5) is 5.69 Å². The highest BCUT2D eigenvalue weighted by Crippen LogP contribution is 2.37. The number of carbonyl (C=O) groups excluding carboxylic acids is 2. The number of aryl methyl sites for hydroxylation is 1. The number of rotatable bonds is 6. The molecule has 3 aromatic rings. The Morgan fingerprint density at radius 2 is 2.03 bits per heavy atom. The van der Waals surface area contributed by atoms with Crippen LogP contribution in [0.1, 0.15) is 29.9 Å². The van der Waals surface area contributed by atoms with Crippen LogP contribution in [0.25, 0.3) is 10.2 Å². The molecule has 1 unspecified atom stereocenters. The third-order valence-electron chi connectivity index (χ3n) is 5.57. The molecular weight excluding hydrogens is 386 g/mol. The van der Waals surface area contributed by atoms with Gasteiger partial charge in [-0.15, -0.1) is 11.3 Å². The highest BCUT2D eigenvalue weighted by molar-refractivity contribution is 7.16. The molecule has 1 N–H and O–H groups in total. The molecule has 3 heterocycles. The zero-order valence-corrected chi connectivity index (χ0v) is 17.7. The maximum absolute atomic E-state index is 13.6. The maximum atomic E-state index is 13.6. The Kier molecular flexibility index (Phi) is 5.19. The molecule has 0 aliphatic carbocycles. The number of aromatic nitrogens is 1. The van der Waals surface area contributed by atoms with Gasteiger partial charge in [0.2, 0.25) is 5.91 Å². The Morgan fingerprint density at radius 3 is 2.72 bits per heavy atom. The van der Waals surface area contributed by atoms with Crippen LogP contribution in [0.3, 0.4) is 0 Å². The van der Waals surface area contributed by atoms with Crippen LogP contribution in [0.2, 0.25) is 0 Å². The first kappa shape index (κ1) is 19.7. The number of nitrogens with zero attached hydrogens (tertiary/aromatic N) is 2. The molecule has 7 heteroatoms. The minimum atomic E-state index is -1.05. The summed E-state index contributed by atoms with van der Waals surface area (Å²) in [6.45, 7) is 5.14. The molecule has 2 aromatic heterocycles. The van der Waals surface area contributed by atoms with Crippen LogP contribution < -0.4 is 10.2 Å². The minimum absolute atomic E-state index is 0.159. The number of ether oxygens (including phenoxy) is 1. The van der Waals surface area contributed by atoms with Crippen LogP contribution in [0, 0.1) is 0 Å². The van der Waals surface area contributed by atoms with Crippen molar-refractivity contribution in [3.05, 3.63) is 53.0 Å². The second-order valence-electron chi connectivity index (χ2n) is 7.48. The van der Waals surface area contributed by atoms with E-state index in [1.54, 1.807) is 23.3 Å². The summed E-state index contributed by atoms with van der Waals surface area (Å²) in [6, 6.07) is 11.8. The van der Waals surface area contributed by atoms with Crippen molar-refractivity contribution in [2.75, 3.05) is 25.2 Å². The summed E-state index contributed by atoms with van der Waals surface area (Å²) < 4.78 is 7.04. The van der Waals surface area contributed by atoms with Crippen molar-refractivity contribution in [3.8, 4) is 0 Å². The van der Waals surface area contributed by atoms with E-state index in [0.29, 0.717) is 25.4 Å². The molecule has 6 nitrogen and oxygen atoms in total. The number of hydrogen-bond donors (Lipinski definition) is 1. The highest BCUT2D eigenvalue weighted by Gasteiger charge is 2.48. The minimum Gasteiger partial charge on any atom is -0.383 e. The zero-order chi connectivity index (χ0) is 20.6. The van der Waals surface area contributed by atoms with Gasteiger partial charge in [-0.2, -0.15) is 0 Å². The lowest BCUT2D eigenvalue weighted by Crippen LogP contribution is -2.64. The fourth-order valence-electron chi connectivity index (χ4n) is 3.94. The molecule has 29 heavy (non-hydrogen) atoms. The summed E-state index contributed by atoms with van der Waals surface area (Å²) in [5.74, 6) is -0.347. The van der Waals surface area contributed by atoms with E-state index in [0.717, 1.165) is 22.3 Å². The molecule has 0 bridgehead atoms. The standard InChI is InChI=1S/C22H25N3O3S/c1-4-15-5-7-17(8-6-15)25-19(26)18-13-16-9-12-29-20(16)24(18)14-22(25,2)21(27)23-10-11-28-3/h5-9,12-13H,4,10-11,14H2,1-3H3,(H,23,27). The number of amides is 2. The molecule has 1 aromatic carbocycles. The van der Waals surface area contributed by atoms with Crippen molar-refractivity contribution in [1.82, 2.24) is 9.88 Å². The number of benzene rings is 1. The Hall–Kier alpha value is -2.64. The summed E-state index contributed by atoms with van der Waals surface area (Å²) in [6.07, 6.45) is 0.919. The van der Waals surface area contributed by atoms with Crippen molar-refractivity contribution >= 4 is 39.1 Å². The molecule has 1 aliphatic rings. The number of nitrogens with one attached hydrogen (secondary N) is 1. The largest absolute Gasteiger partial charge is 0.383 e. The van der Waals surface area contributed by atoms with Crippen molar-refractivity contribution in [3.63, 3.8) is 0 Å². The van der Waals surface area contributed by atoms with Crippen LogP contribution in [0.5, 0.6) is 0 Å². The van der Waals surface area contributed by atoms with Crippen molar-refractivity contribution < 1.29 is 14.3 Å². The lowest BCUT2D eigenvalue weighted by Gasteiger charge is -2.44. The summed E-state index contributed by atoms with van der Waals surface area (Å²) in [4.78, 5) is 29.5. The molecule has 0 radical (unpaired) electrons. The van der Waals surface area contributed by atoms with Gasteiger partial charge in [0.25, 0.3) is 5.91 Å². The second-order valence-corrected chi connectivity index (χ2v) is 8.37. The van der Waals surface area contributed by atoms with Gasteiger partial charge >= 0.3 is 0 Å². The first-order valence-electron chi connectivity index (χ1n) is 9.77. The molecule has 2 amide bonds. The van der Waals surface area contributed by atoms with E-state index in [-0.39, 0.29) is 11.8 Å². The van der Waals surface area contributed by atoms with Crippen LogP contribution in [-0.4, -0.2) is 42.2 Å². The Morgan fingerprint density at radius 1 is 1.28 bits per heavy atom. The fourth-order valence-corrected chi connectivity index (χ4v) is 4.84. The molecule has 0 saturated heterocycles. The van der Waals surface area contributed by atoms with Crippen molar-refractivity contribution in [2.45, 2.75) is 32.4 Å². The number of methoxy groups -OCH3 is 1. The average molecular weight is 412 g/mol. The summed E-state index contributed by atoms with van der Waals surface area (Å²) >= 11 is 1.59. The van der Waals surface area contributed by atoms with Crippen LogP contribution in [-0.2, 0) is 22.5 Å². The lowest BCUT2D eigenvalue weighted by atomic mass is 9.93. The van der Waals surface area contributed by atoms with Crippen molar-refractivity contribution in [2.24, 2.45) is 0 Å². The maximum Gasteiger partial charge on any atom is 0.275 e. The quantitative estimate of drug-likeness (QED) is 0.632. The average Bonchev–Trinajstić information content (AvgIpc) is 3.31. The smallest absolute Gasteiger partial charge is 0.275 e. The molecule has 1 aliphatic heterocycles. The number of fused-ring (bicyclic) bond motifs is 3. The molecule has 0 saturated carbocycles. The Balaban J connectivity index is 1.80. The van der Waals surface area contributed by atoms with Gasteiger partial charge in [0, 0.05) is 24.7 Å². The molecule has 4 rings (SSSR count). The van der Waals surface area contributed by atoms with Crippen molar-refractivity contribution in [1.29, 1.82) is 0 Å². The normalized spacial score (nSPS) is 18.9. The van der Waals surface area contributed by atoms with Gasteiger partial charge in [0.15, 0.2) is 0 Å². The van der Waals surface area contributed by atoms with E-state index in [1.165, 1.54) is 5.56 Å². The zero-order valence-electron chi connectivity index (χ0n) is 16.9. The predicted molar refractivity (Wildman–Crippen MR) is 116 cm³/mol. The first-order chi connectivity index (χ1) is 14.0. The number of anilines is 1. The van der Waals surface area contributed by atoms with E-state index < -0.39 is 5.54 Å². The monoisotopic (exact) mass is 411 g/mol. The topological polar surface area (TPSA) is 63.6 Å². The van der Waals surface area contributed by atoms with E-state index in [9.17, 15) is 9.59 Å². The Bertz CT molecular complexity index is 1050. The predicted octanol–water partition coefficient (Wildman–Crippen LogP) is 3.45. The number of carbonyl (C=O) groups is 2. The van der Waals surface area contributed by atoms with Gasteiger partial charge < -0.3 is 14.6 Å². The summed E-state index contributed by atoms with van der Waals surface area (Å²) in [5.41, 5.74) is 1.48. The van der Waals surface area contributed by atoms with E-state index in [2.05, 4.69) is 12.2 Å². The molecule has 0 spiro atoms.